The average molecular weight is 324 g/mol. The van der Waals surface area contributed by atoms with E-state index < -0.39 is 5.60 Å². The Morgan fingerprint density at radius 2 is 1.95 bits per heavy atom. The van der Waals surface area contributed by atoms with Gasteiger partial charge in [-0.05, 0) is 44.9 Å². The van der Waals surface area contributed by atoms with Gasteiger partial charge < -0.3 is 4.74 Å². The van der Waals surface area contributed by atoms with Crippen LogP contribution in [0.25, 0.3) is 0 Å². The van der Waals surface area contributed by atoms with Crippen LogP contribution in [0.4, 0.5) is 0 Å². The van der Waals surface area contributed by atoms with E-state index in [2.05, 4.69) is 22.0 Å². The molecule has 0 heterocycles. The Bertz CT molecular complexity index is 468. The molecule has 102 valence electrons. The van der Waals surface area contributed by atoms with Gasteiger partial charge in [0.2, 0.25) is 0 Å². The lowest BCUT2D eigenvalue weighted by Gasteiger charge is -2.19. The van der Waals surface area contributed by atoms with E-state index in [0.717, 1.165) is 10.0 Å². The second-order valence-electron chi connectivity index (χ2n) is 5.36. The minimum Gasteiger partial charge on any atom is -0.460 e. The largest absolute Gasteiger partial charge is 0.460 e. The minimum atomic E-state index is -0.475. The molecule has 0 aliphatic carbocycles. The van der Waals surface area contributed by atoms with Crippen LogP contribution in [0.3, 0.4) is 0 Å². The van der Waals surface area contributed by atoms with Crippen LogP contribution in [-0.4, -0.2) is 11.6 Å². The number of hydrogen-bond acceptors (Lipinski definition) is 3. The highest BCUT2D eigenvalue weighted by Crippen LogP contribution is 2.23. The summed E-state index contributed by atoms with van der Waals surface area (Å²) in [5.41, 5.74) is 0.450. The maximum atomic E-state index is 11.6. The molecule has 0 aromatic heterocycles. The molecule has 1 unspecified atom stereocenters. The summed E-state index contributed by atoms with van der Waals surface area (Å²) < 4.78 is 6.20. The van der Waals surface area contributed by atoms with Crippen molar-refractivity contribution in [2.75, 3.05) is 0 Å². The Hall–Kier alpha value is -1.34. The first-order valence-electron chi connectivity index (χ1n) is 6.19. The van der Waals surface area contributed by atoms with Gasteiger partial charge in [0.25, 0.3) is 0 Å². The normalized spacial score (nSPS) is 12.6. The zero-order chi connectivity index (χ0) is 14.5. The first-order chi connectivity index (χ1) is 8.81. The fourth-order valence-corrected chi connectivity index (χ4v) is 1.92. The van der Waals surface area contributed by atoms with Gasteiger partial charge in [0.05, 0.1) is 12.0 Å². The van der Waals surface area contributed by atoms with E-state index >= 15 is 0 Å². The Labute approximate surface area is 122 Å². The molecule has 0 saturated heterocycles. The molecule has 4 heteroatoms. The highest BCUT2D eigenvalue weighted by Gasteiger charge is 2.18. The van der Waals surface area contributed by atoms with Gasteiger partial charge in [-0.25, -0.2) is 0 Å². The Balaban J connectivity index is 2.57. The van der Waals surface area contributed by atoms with E-state index in [1.807, 2.05) is 45.0 Å². The fraction of sp³-hybridized carbons (Fsp3) is 0.467. The van der Waals surface area contributed by atoms with Crippen LogP contribution in [0, 0.1) is 11.3 Å². The molecule has 0 spiro atoms. The molecule has 0 N–H and O–H groups in total. The van der Waals surface area contributed by atoms with Crippen molar-refractivity contribution in [2.24, 2.45) is 0 Å². The van der Waals surface area contributed by atoms with Gasteiger partial charge in [0, 0.05) is 10.9 Å². The molecule has 1 atom stereocenters. The van der Waals surface area contributed by atoms with Crippen LogP contribution in [-0.2, 0) is 9.53 Å². The summed E-state index contributed by atoms with van der Waals surface area (Å²) in [4.78, 5) is 11.6. The van der Waals surface area contributed by atoms with Crippen molar-refractivity contribution < 1.29 is 9.53 Å². The van der Waals surface area contributed by atoms with E-state index in [4.69, 9.17) is 4.74 Å². The number of carbonyl (C=O) groups is 1. The fourth-order valence-electron chi connectivity index (χ4n) is 1.66. The van der Waals surface area contributed by atoms with Crippen molar-refractivity contribution in [3.05, 3.63) is 34.3 Å². The van der Waals surface area contributed by atoms with Gasteiger partial charge in [-0.2, -0.15) is 5.26 Å². The number of carbonyl (C=O) groups excluding carboxylic acids is 1. The van der Waals surface area contributed by atoms with Gasteiger partial charge in [0.15, 0.2) is 0 Å². The predicted molar refractivity (Wildman–Crippen MR) is 77.6 cm³/mol. The Morgan fingerprint density at radius 3 is 2.42 bits per heavy atom. The quantitative estimate of drug-likeness (QED) is 0.781. The van der Waals surface area contributed by atoms with Crippen molar-refractivity contribution in [1.29, 1.82) is 5.26 Å². The van der Waals surface area contributed by atoms with Crippen molar-refractivity contribution in [2.45, 2.75) is 45.1 Å². The summed E-state index contributed by atoms with van der Waals surface area (Å²) in [5.74, 6) is -0.537. The molecule has 1 aromatic rings. The smallest absolute Gasteiger partial charge is 0.306 e. The number of halogens is 1. The first-order valence-corrected chi connectivity index (χ1v) is 6.98. The van der Waals surface area contributed by atoms with Gasteiger partial charge in [-0.15, -0.1) is 0 Å². The molecule has 0 bridgehead atoms. The standard InChI is InChI=1S/C15H18BrNO2/c1-15(2,3)19-14(18)9-6-12(10-17)11-4-7-13(16)8-5-11/h4-5,7-8,12H,6,9H2,1-3H3. The van der Waals surface area contributed by atoms with Crippen LogP contribution >= 0.6 is 15.9 Å². The molecular formula is C15H18BrNO2. The van der Waals surface area contributed by atoms with Crippen LogP contribution in [0.2, 0.25) is 0 Å². The topological polar surface area (TPSA) is 50.1 Å². The number of hydrogen-bond donors (Lipinski definition) is 0. The van der Waals surface area contributed by atoms with Gasteiger partial charge in [-0.1, -0.05) is 28.1 Å². The molecule has 0 fully saturated rings. The van der Waals surface area contributed by atoms with Crippen LogP contribution in [0.5, 0.6) is 0 Å². The van der Waals surface area contributed by atoms with Crippen molar-refractivity contribution in [1.82, 2.24) is 0 Å². The second kappa shape index (κ2) is 6.72. The average Bonchev–Trinajstić information content (AvgIpc) is 2.29. The number of rotatable bonds is 4. The number of ether oxygens (including phenoxy) is 1. The van der Waals surface area contributed by atoms with Gasteiger partial charge in [-0.3, -0.25) is 4.79 Å². The van der Waals surface area contributed by atoms with Crippen molar-refractivity contribution in [3.8, 4) is 6.07 Å². The third-order valence-corrected chi connectivity index (χ3v) is 3.01. The summed E-state index contributed by atoms with van der Waals surface area (Å²) in [6, 6.07) is 9.82. The van der Waals surface area contributed by atoms with E-state index in [9.17, 15) is 10.1 Å². The van der Waals surface area contributed by atoms with Gasteiger partial charge >= 0.3 is 5.97 Å². The molecule has 3 nitrogen and oxygen atoms in total. The van der Waals surface area contributed by atoms with Crippen LogP contribution in [0.15, 0.2) is 28.7 Å². The third kappa shape index (κ3) is 5.89. The molecule has 0 radical (unpaired) electrons. The molecule has 0 saturated carbocycles. The molecule has 0 amide bonds. The second-order valence-corrected chi connectivity index (χ2v) is 6.27. The summed E-state index contributed by atoms with van der Waals surface area (Å²) in [6.45, 7) is 5.50. The van der Waals surface area contributed by atoms with Crippen LogP contribution in [0.1, 0.15) is 45.1 Å². The zero-order valence-electron chi connectivity index (χ0n) is 11.4. The number of benzene rings is 1. The lowest BCUT2D eigenvalue weighted by molar-refractivity contribution is -0.154. The number of nitrogens with zero attached hydrogens (tertiary/aromatic N) is 1. The third-order valence-electron chi connectivity index (χ3n) is 2.49. The summed E-state index contributed by atoms with van der Waals surface area (Å²) in [7, 11) is 0. The summed E-state index contributed by atoms with van der Waals surface area (Å²) in [5, 5.41) is 9.18. The lowest BCUT2D eigenvalue weighted by Crippen LogP contribution is -2.23. The Morgan fingerprint density at radius 1 is 1.37 bits per heavy atom. The zero-order valence-corrected chi connectivity index (χ0v) is 13.0. The van der Waals surface area contributed by atoms with E-state index in [1.54, 1.807) is 0 Å². The van der Waals surface area contributed by atoms with Crippen molar-refractivity contribution in [3.63, 3.8) is 0 Å². The highest BCUT2D eigenvalue weighted by molar-refractivity contribution is 9.10. The van der Waals surface area contributed by atoms with Crippen LogP contribution < -0.4 is 0 Å². The number of nitriles is 1. The molecule has 19 heavy (non-hydrogen) atoms. The van der Waals surface area contributed by atoms with E-state index in [0.29, 0.717) is 6.42 Å². The molecule has 0 aliphatic rings. The maximum Gasteiger partial charge on any atom is 0.306 e. The molecule has 0 aliphatic heterocycles. The lowest BCUT2D eigenvalue weighted by atomic mass is 9.96. The molecule has 1 rings (SSSR count). The monoisotopic (exact) mass is 323 g/mol. The summed E-state index contributed by atoms with van der Waals surface area (Å²) >= 11 is 3.35. The molecule has 1 aromatic carbocycles. The predicted octanol–water partition coefficient (Wildman–Crippen LogP) is 4.18. The summed E-state index contributed by atoms with van der Waals surface area (Å²) in [6.07, 6.45) is 0.735. The van der Waals surface area contributed by atoms with Crippen molar-refractivity contribution >= 4 is 21.9 Å². The first kappa shape index (κ1) is 15.7. The van der Waals surface area contributed by atoms with E-state index in [-0.39, 0.29) is 18.3 Å². The van der Waals surface area contributed by atoms with Gasteiger partial charge in [0.1, 0.15) is 5.60 Å². The number of esters is 1. The van der Waals surface area contributed by atoms with E-state index in [1.165, 1.54) is 0 Å². The highest BCUT2D eigenvalue weighted by atomic mass is 79.9. The maximum absolute atomic E-state index is 11.6. The SMILES string of the molecule is CC(C)(C)OC(=O)CCC(C#N)c1ccc(Br)cc1. The minimum absolute atomic E-state index is 0.256. The molecular weight excluding hydrogens is 306 g/mol. The Kier molecular flexibility index (Phi) is 5.56.